The van der Waals surface area contributed by atoms with Gasteiger partial charge in [0.25, 0.3) is 0 Å². The number of likely N-dealkylation sites (tertiary alicyclic amines) is 1. The van der Waals surface area contributed by atoms with Crippen LogP contribution in [0.15, 0.2) is 18.2 Å². The molecular formula is C20H30N2O3. The van der Waals surface area contributed by atoms with Crippen molar-refractivity contribution in [2.45, 2.75) is 57.5 Å². The molecule has 5 nitrogen and oxygen atoms in total. The molecule has 1 N–H and O–H groups in total. The van der Waals surface area contributed by atoms with Crippen LogP contribution in [0.25, 0.3) is 0 Å². The third kappa shape index (κ3) is 3.86. The molecule has 138 valence electrons. The van der Waals surface area contributed by atoms with E-state index in [1.807, 2.05) is 23.1 Å². The van der Waals surface area contributed by atoms with Gasteiger partial charge in [-0.2, -0.15) is 0 Å². The summed E-state index contributed by atoms with van der Waals surface area (Å²) >= 11 is 0. The number of hydrogen-bond donors (Lipinski definition) is 1. The number of rotatable bonds is 4. The Bertz CT molecular complexity index is 605. The highest BCUT2D eigenvalue weighted by Gasteiger charge is 2.34. The fourth-order valence-corrected chi connectivity index (χ4v) is 4.20. The van der Waals surface area contributed by atoms with Crippen LogP contribution in [0.1, 0.15) is 57.1 Å². The average Bonchev–Trinajstić information content (AvgIpc) is 3.12. The van der Waals surface area contributed by atoms with Gasteiger partial charge in [0.05, 0.1) is 20.3 Å². The normalized spacial score (nSPS) is 26.4. The molecule has 1 aromatic rings. The first-order valence-electron chi connectivity index (χ1n) is 9.43. The summed E-state index contributed by atoms with van der Waals surface area (Å²) in [6, 6.07) is 6.30. The largest absolute Gasteiger partial charge is 0.497 e. The van der Waals surface area contributed by atoms with Crippen LogP contribution in [0.3, 0.4) is 0 Å². The van der Waals surface area contributed by atoms with E-state index in [9.17, 15) is 4.79 Å². The van der Waals surface area contributed by atoms with Crippen molar-refractivity contribution in [2.75, 3.05) is 20.8 Å². The molecule has 1 aliphatic heterocycles. The molecule has 1 saturated heterocycles. The Hall–Kier alpha value is -1.91. The number of nitrogens with one attached hydrogen (secondary N) is 1. The van der Waals surface area contributed by atoms with Crippen molar-refractivity contribution in [1.82, 2.24) is 10.2 Å². The zero-order valence-corrected chi connectivity index (χ0v) is 15.6. The zero-order chi connectivity index (χ0) is 17.8. The van der Waals surface area contributed by atoms with Gasteiger partial charge in [0.15, 0.2) is 0 Å². The summed E-state index contributed by atoms with van der Waals surface area (Å²) in [5, 5.41) is 3.29. The Balaban J connectivity index is 1.75. The SMILES string of the molecule is COc1ccc([C@@H]2CCCN2C(=O)N[C@H]2CCCC[C@@H]2C)c(OC)c1. The number of methoxy groups -OCH3 is 2. The highest BCUT2D eigenvalue weighted by atomic mass is 16.5. The predicted molar refractivity (Wildman–Crippen MR) is 98.2 cm³/mol. The van der Waals surface area contributed by atoms with Crippen LogP contribution in [-0.2, 0) is 0 Å². The van der Waals surface area contributed by atoms with Crippen molar-refractivity contribution in [2.24, 2.45) is 5.92 Å². The smallest absolute Gasteiger partial charge is 0.318 e. The lowest BCUT2D eigenvalue weighted by atomic mass is 9.86. The lowest BCUT2D eigenvalue weighted by Gasteiger charge is -2.33. The molecule has 0 bridgehead atoms. The topological polar surface area (TPSA) is 50.8 Å². The lowest BCUT2D eigenvalue weighted by Crippen LogP contribution is -2.47. The summed E-state index contributed by atoms with van der Waals surface area (Å²) in [5.74, 6) is 2.12. The van der Waals surface area contributed by atoms with Crippen molar-refractivity contribution in [3.05, 3.63) is 23.8 Å². The van der Waals surface area contributed by atoms with Gasteiger partial charge in [0, 0.05) is 24.2 Å². The second-order valence-corrected chi connectivity index (χ2v) is 7.28. The highest BCUT2D eigenvalue weighted by molar-refractivity contribution is 5.75. The minimum atomic E-state index is 0.0686. The van der Waals surface area contributed by atoms with E-state index >= 15 is 0 Å². The van der Waals surface area contributed by atoms with Crippen LogP contribution in [0.4, 0.5) is 4.79 Å². The van der Waals surface area contributed by atoms with Crippen molar-refractivity contribution >= 4 is 6.03 Å². The van der Waals surface area contributed by atoms with E-state index in [0.29, 0.717) is 12.0 Å². The number of urea groups is 1. The second kappa shape index (κ2) is 7.98. The standard InChI is InChI=1S/C20H30N2O3/c1-14-7-4-5-8-17(14)21-20(23)22-12-6-9-18(22)16-11-10-15(24-2)13-19(16)25-3/h10-11,13-14,17-18H,4-9,12H2,1-3H3,(H,21,23)/t14-,17-,18-/m0/s1. The predicted octanol–water partition coefficient (Wildman–Crippen LogP) is 4.13. The Morgan fingerprint density at radius 2 is 1.92 bits per heavy atom. The molecule has 1 saturated carbocycles. The fraction of sp³-hybridized carbons (Fsp3) is 0.650. The van der Waals surface area contributed by atoms with Crippen molar-refractivity contribution in [3.8, 4) is 11.5 Å². The monoisotopic (exact) mass is 346 g/mol. The number of carbonyl (C=O) groups excluding carboxylic acids is 1. The first-order valence-corrected chi connectivity index (χ1v) is 9.43. The first-order chi connectivity index (χ1) is 12.1. The van der Waals surface area contributed by atoms with E-state index in [2.05, 4.69) is 12.2 Å². The van der Waals surface area contributed by atoms with Gasteiger partial charge in [0.2, 0.25) is 0 Å². The van der Waals surface area contributed by atoms with Crippen LogP contribution >= 0.6 is 0 Å². The average molecular weight is 346 g/mol. The molecule has 2 fully saturated rings. The van der Waals surface area contributed by atoms with Gasteiger partial charge < -0.3 is 19.7 Å². The van der Waals surface area contributed by atoms with Gasteiger partial charge in [-0.1, -0.05) is 19.8 Å². The van der Waals surface area contributed by atoms with E-state index in [4.69, 9.17) is 9.47 Å². The summed E-state index contributed by atoms with van der Waals surface area (Å²) in [7, 11) is 3.32. The van der Waals surface area contributed by atoms with Crippen LogP contribution in [-0.4, -0.2) is 37.7 Å². The Labute approximate surface area is 150 Å². The van der Waals surface area contributed by atoms with Crippen molar-refractivity contribution < 1.29 is 14.3 Å². The summed E-state index contributed by atoms with van der Waals surface area (Å²) in [6.07, 6.45) is 6.79. The summed E-state index contributed by atoms with van der Waals surface area (Å²) in [4.78, 5) is 14.9. The van der Waals surface area contributed by atoms with Gasteiger partial charge in [0.1, 0.15) is 11.5 Å². The Morgan fingerprint density at radius 1 is 1.12 bits per heavy atom. The Kier molecular flexibility index (Phi) is 5.71. The Morgan fingerprint density at radius 3 is 2.64 bits per heavy atom. The highest BCUT2D eigenvalue weighted by Crippen LogP contribution is 2.38. The van der Waals surface area contributed by atoms with Gasteiger partial charge >= 0.3 is 6.03 Å². The molecule has 1 aliphatic carbocycles. The maximum absolute atomic E-state index is 12.9. The number of carbonyl (C=O) groups is 1. The molecule has 2 aliphatic rings. The second-order valence-electron chi connectivity index (χ2n) is 7.28. The molecule has 3 rings (SSSR count). The molecular weight excluding hydrogens is 316 g/mol. The number of benzene rings is 1. The maximum atomic E-state index is 12.9. The van der Waals surface area contributed by atoms with E-state index in [1.54, 1.807) is 14.2 Å². The lowest BCUT2D eigenvalue weighted by molar-refractivity contribution is 0.177. The van der Waals surface area contributed by atoms with Gasteiger partial charge in [-0.15, -0.1) is 0 Å². The maximum Gasteiger partial charge on any atom is 0.318 e. The minimum absolute atomic E-state index is 0.0686. The van der Waals surface area contributed by atoms with E-state index in [-0.39, 0.29) is 12.1 Å². The quantitative estimate of drug-likeness (QED) is 0.892. The molecule has 0 spiro atoms. The third-order valence-corrected chi connectivity index (χ3v) is 5.73. The third-order valence-electron chi connectivity index (χ3n) is 5.73. The molecule has 0 unspecified atom stereocenters. The number of hydrogen-bond acceptors (Lipinski definition) is 3. The zero-order valence-electron chi connectivity index (χ0n) is 15.6. The molecule has 1 heterocycles. The summed E-state index contributed by atoms with van der Waals surface area (Å²) in [6.45, 7) is 3.05. The minimum Gasteiger partial charge on any atom is -0.497 e. The molecule has 5 heteroatoms. The molecule has 2 amide bonds. The van der Waals surface area contributed by atoms with Crippen molar-refractivity contribution in [1.29, 1.82) is 0 Å². The van der Waals surface area contributed by atoms with E-state index < -0.39 is 0 Å². The van der Waals surface area contributed by atoms with Gasteiger partial charge in [-0.25, -0.2) is 4.79 Å². The van der Waals surface area contributed by atoms with Crippen LogP contribution in [0.2, 0.25) is 0 Å². The van der Waals surface area contributed by atoms with Crippen molar-refractivity contribution in [3.63, 3.8) is 0 Å². The van der Waals surface area contributed by atoms with Crippen LogP contribution in [0, 0.1) is 5.92 Å². The fourth-order valence-electron chi connectivity index (χ4n) is 4.20. The first kappa shape index (κ1) is 17.9. The van der Waals surface area contributed by atoms with E-state index in [1.165, 1.54) is 19.3 Å². The molecule has 1 aromatic carbocycles. The van der Waals surface area contributed by atoms with E-state index in [0.717, 1.165) is 42.9 Å². The number of nitrogens with zero attached hydrogens (tertiary/aromatic N) is 1. The number of amides is 2. The summed E-state index contributed by atoms with van der Waals surface area (Å²) in [5.41, 5.74) is 1.06. The van der Waals surface area contributed by atoms with Gasteiger partial charge in [-0.3, -0.25) is 0 Å². The number of ether oxygens (including phenoxy) is 2. The molecule has 0 radical (unpaired) electrons. The van der Waals surface area contributed by atoms with Crippen LogP contribution < -0.4 is 14.8 Å². The van der Waals surface area contributed by atoms with Gasteiger partial charge in [-0.05, 0) is 43.7 Å². The molecule has 25 heavy (non-hydrogen) atoms. The van der Waals surface area contributed by atoms with Crippen LogP contribution in [0.5, 0.6) is 11.5 Å². The summed E-state index contributed by atoms with van der Waals surface area (Å²) < 4.78 is 10.8. The molecule has 3 atom stereocenters. The molecule has 0 aromatic heterocycles.